The van der Waals surface area contributed by atoms with Crippen LogP contribution in [0.4, 0.5) is 0 Å². The first kappa shape index (κ1) is 19.6. The molecule has 0 saturated heterocycles. The molecule has 7 nitrogen and oxygen atoms in total. The maximum absolute atomic E-state index is 5.68. The van der Waals surface area contributed by atoms with Gasteiger partial charge in [0.25, 0.3) is 0 Å². The topological polar surface area (TPSA) is 70.8 Å². The standard InChI is InChI=1S/C21H24N4O3/c1-17-3-6-21(13-18(17)2)28-12-10-26-9-11-27-20-7-4-19(5-8-20)14-24-25-15-22-23-16-25/h3-8,13-16H,9-12H2,1-2H3. The van der Waals surface area contributed by atoms with Gasteiger partial charge in [-0.05, 0) is 66.9 Å². The van der Waals surface area contributed by atoms with Gasteiger partial charge in [-0.1, -0.05) is 6.07 Å². The van der Waals surface area contributed by atoms with Crippen molar-refractivity contribution in [3.05, 3.63) is 71.8 Å². The van der Waals surface area contributed by atoms with Crippen LogP contribution in [-0.4, -0.2) is 47.5 Å². The first-order chi connectivity index (χ1) is 13.7. The van der Waals surface area contributed by atoms with Gasteiger partial charge in [0, 0.05) is 0 Å². The molecule has 0 aliphatic carbocycles. The molecule has 3 aromatic rings. The van der Waals surface area contributed by atoms with E-state index < -0.39 is 0 Å². The van der Waals surface area contributed by atoms with E-state index in [1.54, 1.807) is 6.21 Å². The Labute approximate surface area is 164 Å². The molecule has 7 heteroatoms. The molecule has 0 unspecified atom stereocenters. The number of ether oxygens (including phenoxy) is 3. The molecule has 1 heterocycles. The lowest BCUT2D eigenvalue weighted by Gasteiger charge is -2.10. The summed E-state index contributed by atoms with van der Waals surface area (Å²) in [5, 5.41) is 11.6. The number of hydrogen-bond donors (Lipinski definition) is 0. The van der Waals surface area contributed by atoms with Gasteiger partial charge in [0.2, 0.25) is 0 Å². The maximum atomic E-state index is 5.68. The van der Waals surface area contributed by atoms with E-state index in [4.69, 9.17) is 14.2 Å². The summed E-state index contributed by atoms with van der Waals surface area (Å²) in [6.45, 7) is 6.19. The Morgan fingerprint density at radius 2 is 1.46 bits per heavy atom. The minimum absolute atomic E-state index is 0.484. The highest BCUT2D eigenvalue weighted by Crippen LogP contribution is 2.16. The summed E-state index contributed by atoms with van der Waals surface area (Å²) in [6, 6.07) is 13.7. The highest BCUT2D eigenvalue weighted by atomic mass is 16.5. The summed E-state index contributed by atoms with van der Waals surface area (Å²) < 4.78 is 18.4. The number of benzene rings is 2. The minimum Gasteiger partial charge on any atom is -0.491 e. The normalized spacial score (nSPS) is 11.1. The summed E-state index contributed by atoms with van der Waals surface area (Å²) >= 11 is 0. The van der Waals surface area contributed by atoms with E-state index in [0.29, 0.717) is 26.4 Å². The first-order valence-electron chi connectivity index (χ1n) is 9.10. The third-order valence-corrected chi connectivity index (χ3v) is 4.10. The van der Waals surface area contributed by atoms with Gasteiger partial charge in [-0.15, -0.1) is 10.2 Å². The molecule has 0 N–H and O–H groups in total. The van der Waals surface area contributed by atoms with Crippen molar-refractivity contribution in [2.45, 2.75) is 13.8 Å². The fraction of sp³-hybridized carbons (Fsp3) is 0.286. The second-order valence-corrected chi connectivity index (χ2v) is 6.21. The van der Waals surface area contributed by atoms with Crippen molar-refractivity contribution < 1.29 is 14.2 Å². The van der Waals surface area contributed by atoms with Gasteiger partial charge in [-0.3, -0.25) is 0 Å². The Kier molecular flexibility index (Phi) is 7.14. The van der Waals surface area contributed by atoms with E-state index in [2.05, 4.69) is 35.2 Å². The summed E-state index contributed by atoms with van der Waals surface area (Å²) in [7, 11) is 0. The molecule has 0 radical (unpaired) electrons. The number of nitrogens with zero attached hydrogens (tertiary/aromatic N) is 4. The molecule has 0 atom stereocenters. The smallest absolute Gasteiger partial charge is 0.141 e. The second-order valence-electron chi connectivity index (χ2n) is 6.21. The van der Waals surface area contributed by atoms with Gasteiger partial charge < -0.3 is 14.2 Å². The van der Waals surface area contributed by atoms with Gasteiger partial charge in [0.15, 0.2) is 0 Å². The van der Waals surface area contributed by atoms with Crippen LogP contribution in [0.3, 0.4) is 0 Å². The zero-order chi connectivity index (χ0) is 19.6. The van der Waals surface area contributed by atoms with Crippen molar-refractivity contribution in [2.75, 3.05) is 26.4 Å². The van der Waals surface area contributed by atoms with Crippen LogP contribution < -0.4 is 9.47 Å². The second kappa shape index (κ2) is 10.2. The van der Waals surface area contributed by atoms with Crippen LogP contribution in [0.1, 0.15) is 16.7 Å². The zero-order valence-electron chi connectivity index (χ0n) is 16.1. The predicted molar refractivity (Wildman–Crippen MR) is 107 cm³/mol. The Morgan fingerprint density at radius 3 is 2.14 bits per heavy atom. The zero-order valence-corrected chi connectivity index (χ0v) is 16.1. The third-order valence-electron chi connectivity index (χ3n) is 4.10. The van der Waals surface area contributed by atoms with Crippen LogP contribution in [0.25, 0.3) is 0 Å². The van der Waals surface area contributed by atoms with Gasteiger partial charge in [0.1, 0.15) is 37.4 Å². The Balaban J connectivity index is 1.29. The fourth-order valence-corrected chi connectivity index (χ4v) is 2.38. The summed E-state index contributed by atoms with van der Waals surface area (Å²) in [5.41, 5.74) is 3.44. The lowest BCUT2D eigenvalue weighted by Crippen LogP contribution is -2.12. The van der Waals surface area contributed by atoms with Crippen LogP contribution >= 0.6 is 0 Å². The van der Waals surface area contributed by atoms with Gasteiger partial charge in [-0.2, -0.15) is 5.10 Å². The van der Waals surface area contributed by atoms with E-state index >= 15 is 0 Å². The van der Waals surface area contributed by atoms with Crippen molar-refractivity contribution in [1.29, 1.82) is 0 Å². The molecule has 28 heavy (non-hydrogen) atoms. The fourth-order valence-electron chi connectivity index (χ4n) is 2.38. The average Bonchev–Trinajstić information content (AvgIpc) is 3.23. The molecule has 0 fully saturated rings. The molecule has 1 aromatic heterocycles. The van der Waals surface area contributed by atoms with Crippen molar-refractivity contribution >= 4 is 6.21 Å². The lowest BCUT2D eigenvalue weighted by atomic mass is 10.1. The van der Waals surface area contributed by atoms with E-state index in [-0.39, 0.29) is 0 Å². The molecule has 0 bridgehead atoms. The average molecular weight is 380 g/mol. The van der Waals surface area contributed by atoms with Gasteiger partial charge >= 0.3 is 0 Å². The van der Waals surface area contributed by atoms with Crippen molar-refractivity contribution in [3.63, 3.8) is 0 Å². The highest BCUT2D eigenvalue weighted by molar-refractivity contribution is 5.79. The Morgan fingerprint density at radius 1 is 0.821 bits per heavy atom. The SMILES string of the molecule is Cc1ccc(OCCOCCOc2ccc(C=Nn3cnnc3)cc2)cc1C. The van der Waals surface area contributed by atoms with Gasteiger partial charge in [0.05, 0.1) is 19.4 Å². The molecule has 0 spiro atoms. The van der Waals surface area contributed by atoms with Crippen LogP contribution in [0.2, 0.25) is 0 Å². The van der Waals surface area contributed by atoms with Crippen LogP contribution in [0.15, 0.2) is 60.2 Å². The maximum Gasteiger partial charge on any atom is 0.141 e. The number of hydrogen-bond acceptors (Lipinski definition) is 6. The van der Waals surface area contributed by atoms with E-state index in [1.165, 1.54) is 28.5 Å². The summed E-state index contributed by atoms with van der Waals surface area (Å²) in [6.07, 6.45) is 4.79. The van der Waals surface area contributed by atoms with Crippen LogP contribution in [0, 0.1) is 13.8 Å². The van der Waals surface area contributed by atoms with Crippen LogP contribution in [-0.2, 0) is 4.74 Å². The lowest BCUT2D eigenvalue weighted by molar-refractivity contribution is 0.0764. The number of aryl methyl sites for hydroxylation is 2. The van der Waals surface area contributed by atoms with Crippen molar-refractivity contribution in [2.24, 2.45) is 5.10 Å². The molecule has 0 amide bonds. The molecule has 0 aliphatic heterocycles. The third kappa shape index (κ3) is 6.21. The van der Waals surface area contributed by atoms with Gasteiger partial charge in [-0.25, -0.2) is 4.68 Å². The quantitative estimate of drug-likeness (QED) is 0.399. The molecule has 146 valence electrons. The summed E-state index contributed by atoms with van der Waals surface area (Å²) in [4.78, 5) is 0. The van der Waals surface area contributed by atoms with Crippen molar-refractivity contribution in [1.82, 2.24) is 14.9 Å². The largest absolute Gasteiger partial charge is 0.491 e. The highest BCUT2D eigenvalue weighted by Gasteiger charge is 1.98. The molecule has 0 aliphatic rings. The van der Waals surface area contributed by atoms with E-state index in [9.17, 15) is 0 Å². The van der Waals surface area contributed by atoms with E-state index in [0.717, 1.165) is 17.1 Å². The molecule has 2 aromatic carbocycles. The number of aromatic nitrogens is 3. The summed E-state index contributed by atoms with van der Waals surface area (Å²) in [5.74, 6) is 1.66. The van der Waals surface area contributed by atoms with E-state index in [1.807, 2.05) is 36.4 Å². The molecule has 3 rings (SSSR count). The minimum atomic E-state index is 0.484. The molecular formula is C21H24N4O3. The van der Waals surface area contributed by atoms with Crippen molar-refractivity contribution in [3.8, 4) is 11.5 Å². The van der Waals surface area contributed by atoms with Crippen LogP contribution in [0.5, 0.6) is 11.5 Å². The molecular weight excluding hydrogens is 356 g/mol. The molecule has 0 saturated carbocycles. The number of rotatable bonds is 10. The Hall–Kier alpha value is -3.19. The monoisotopic (exact) mass is 380 g/mol. The predicted octanol–water partition coefficient (Wildman–Crippen LogP) is 3.25. The Bertz CT molecular complexity index is 877. The first-order valence-corrected chi connectivity index (χ1v) is 9.10.